The standard InChI is InChI=1S/C19H22F3N3O3S/c20-19(21,22)18-16-5-1-2-6-17(16)25(24-18)13-7-9-15(10-8-13)29(26,27)23-12-14-4-3-11-28-14/h7-10,14,23H,1-6,11-12H2. The maximum Gasteiger partial charge on any atom is 0.435 e. The van der Waals surface area contributed by atoms with E-state index in [0.717, 1.165) is 19.3 Å². The van der Waals surface area contributed by atoms with Crippen molar-refractivity contribution in [2.45, 2.75) is 55.7 Å². The maximum absolute atomic E-state index is 13.4. The summed E-state index contributed by atoms with van der Waals surface area (Å²) in [6.45, 7) is 0.834. The Kier molecular flexibility index (Phi) is 5.43. The third kappa shape index (κ3) is 4.19. The Morgan fingerprint density at radius 2 is 1.86 bits per heavy atom. The summed E-state index contributed by atoms with van der Waals surface area (Å²) in [7, 11) is -3.72. The molecular formula is C19H22F3N3O3S. The van der Waals surface area contributed by atoms with Gasteiger partial charge in [0.2, 0.25) is 10.0 Å². The van der Waals surface area contributed by atoms with Crippen LogP contribution in [0.25, 0.3) is 5.69 Å². The van der Waals surface area contributed by atoms with Gasteiger partial charge in [-0.3, -0.25) is 0 Å². The molecule has 1 aliphatic carbocycles. The summed E-state index contributed by atoms with van der Waals surface area (Å²) < 4.78 is 74.3. The largest absolute Gasteiger partial charge is 0.435 e. The quantitative estimate of drug-likeness (QED) is 0.792. The smallest absolute Gasteiger partial charge is 0.377 e. The molecule has 0 amide bonds. The van der Waals surface area contributed by atoms with Crippen LogP contribution in [0.4, 0.5) is 13.2 Å². The SMILES string of the molecule is O=S(=O)(NCC1CCCO1)c1ccc(-n2nc(C(F)(F)F)c3c2CCCC3)cc1. The summed E-state index contributed by atoms with van der Waals surface area (Å²) in [6.07, 6.45) is -0.540. The van der Waals surface area contributed by atoms with Gasteiger partial charge in [0, 0.05) is 24.4 Å². The number of halogens is 3. The van der Waals surface area contributed by atoms with Gasteiger partial charge in [-0.1, -0.05) is 0 Å². The highest BCUT2D eigenvalue weighted by atomic mass is 32.2. The molecule has 1 unspecified atom stereocenters. The molecule has 29 heavy (non-hydrogen) atoms. The van der Waals surface area contributed by atoms with Crippen LogP contribution in [0.3, 0.4) is 0 Å². The molecule has 1 aromatic heterocycles. The van der Waals surface area contributed by atoms with E-state index in [4.69, 9.17) is 4.74 Å². The number of fused-ring (bicyclic) bond motifs is 1. The molecule has 1 saturated heterocycles. The Bertz CT molecular complexity index is 979. The van der Waals surface area contributed by atoms with Gasteiger partial charge in [0.05, 0.1) is 16.7 Å². The van der Waals surface area contributed by atoms with Crippen LogP contribution in [0.1, 0.15) is 42.6 Å². The van der Waals surface area contributed by atoms with Crippen molar-refractivity contribution in [1.29, 1.82) is 0 Å². The van der Waals surface area contributed by atoms with Crippen LogP contribution >= 0.6 is 0 Å². The molecule has 1 aromatic carbocycles. The number of alkyl halides is 3. The zero-order chi connectivity index (χ0) is 20.6. The van der Waals surface area contributed by atoms with Crippen LogP contribution in [0.15, 0.2) is 29.2 Å². The fourth-order valence-corrected chi connectivity index (χ4v) is 4.96. The number of rotatable bonds is 5. The topological polar surface area (TPSA) is 73.2 Å². The normalized spacial score (nSPS) is 20.0. The van der Waals surface area contributed by atoms with Crippen LogP contribution in [-0.2, 0) is 33.8 Å². The summed E-state index contributed by atoms with van der Waals surface area (Å²) in [4.78, 5) is 0.0521. The molecule has 0 spiro atoms. The summed E-state index contributed by atoms with van der Waals surface area (Å²) >= 11 is 0. The van der Waals surface area contributed by atoms with Gasteiger partial charge in [-0.2, -0.15) is 18.3 Å². The predicted octanol–water partition coefficient (Wildman–Crippen LogP) is 3.23. The van der Waals surface area contributed by atoms with Crippen LogP contribution in [0.2, 0.25) is 0 Å². The van der Waals surface area contributed by atoms with E-state index in [9.17, 15) is 21.6 Å². The zero-order valence-corrected chi connectivity index (χ0v) is 16.5. The average molecular weight is 429 g/mol. The van der Waals surface area contributed by atoms with Crippen molar-refractivity contribution < 1.29 is 26.3 Å². The highest BCUT2D eigenvalue weighted by molar-refractivity contribution is 7.89. The van der Waals surface area contributed by atoms with E-state index in [1.165, 1.54) is 28.9 Å². The molecule has 0 bridgehead atoms. The van der Waals surface area contributed by atoms with Crippen molar-refractivity contribution in [2.75, 3.05) is 13.2 Å². The molecule has 2 heterocycles. The number of hydrogen-bond acceptors (Lipinski definition) is 4. The molecule has 1 aliphatic heterocycles. The molecular weight excluding hydrogens is 407 g/mol. The minimum absolute atomic E-state index is 0.0521. The van der Waals surface area contributed by atoms with E-state index in [1.807, 2.05) is 0 Å². The van der Waals surface area contributed by atoms with Gasteiger partial charge in [-0.05, 0) is 62.8 Å². The lowest BCUT2D eigenvalue weighted by Gasteiger charge is -2.15. The van der Waals surface area contributed by atoms with E-state index < -0.39 is 21.9 Å². The van der Waals surface area contributed by atoms with Crippen molar-refractivity contribution in [3.63, 3.8) is 0 Å². The second-order valence-electron chi connectivity index (χ2n) is 7.37. The predicted molar refractivity (Wildman–Crippen MR) is 99.4 cm³/mol. The Hall–Kier alpha value is -1.91. The second-order valence-corrected chi connectivity index (χ2v) is 9.14. The molecule has 158 valence electrons. The minimum atomic E-state index is -4.51. The minimum Gasteiger partial charge on any atom is -0.377 e. The third-order valence-electron chi connectivity index (χ3n) is 5.37. The molecule has 6 nitrogen and oxygen atoms in total. The van der Waals surface area contributed by atoms with E-state index in [0.29, 0.717) is 37.3 Å². The van der Waals surface area contributed by atoms with E-state index in [2.05, 4.69) is 9.82 Å². The lowest BCUT2D eigenvalue weighted by molar-refractivity contribution is -0.142. The summed E-state index contributed by atoms with van der Waals surface area (Å²) in [5, 5.41) is 3.82. The molecule has 4 rings (SSSR count). The van der Waals surface area contributed by atoms with Gasteiger partial charge in [0.15, 0.2) is 5.69 Å². The first-order chi connectivity index (χ1) is 13.8. The van der Waals surface area contributed by atoms with Crippen LogP contribution in [-0.4, -0.2) is 37.5 Å². The monoisotopic (exact) mass is 429 g/mol. The fraction of sp³-hybridized carbons (Fsp3) is 0.526. The van der Waals surface area contributed by atoms with Gasteiger partial charge >= 0.3 is 6.18 Å². The Labute approximate surface area is 167 Å². The van der Waals surface area contributed by atoms with Crippen LogP contribution in [0, 0.1) is 0 Å². The van der Waals surface area contributed by atoms with Gasteiger partial charge in [-0.25, -0.2) is 17.8 Å². The number of nitrogens with zero attached hydrogens (tertiary/aromatic N) is 2. The molecule has 10 heteroatoms. The van der Waals surface area contributed by atoms with Gasteiger partial charge in [0.25, 0.3) is 0 Å². The first-order valence-electron chi connectivity index (χ1n) is 9.65. The number of ether oxygens (including phenoxy) is 1. The second kappa shape index (κ2) is 7.73. The van der Waals surface area contributed by atoms with Crippen LogP contribution in [0.5, 0.6) is 0 Å². The summed E-state index contributed by atoms with van der Waals surface area (Å²) in [5.74, 6) is 0. The van der Waals surface area contributed by atoms with E-state index in [-0.39, 0.29) is 23.1 Å². The molecule has 1 atom stereocenters. The Balaban J connectivity index is 1.59. The fourth-order valence-electron chi connectivity index (χ4n) is 3.90. The van der Waals surface area contributed by atoms with Crippen molar-refractivity contribution in [3.8, 4) is 5.69 Å². The number of nitrogens with one attached hydrogen (secondary N) is 1. The third-order valence-corrected chi connectivity index (χ3v) is 6.80. The Morgan fingerprint density at radius 3 is 2.52 bits per heavy atom. The average Bonchev–Trinajstić information content (AvgIpc) is 3.34. The van der Waals surface area contributed by atoms with Crippen molar-refractivity contribution in [1.82, 2.24) is 14.5 Å². The molecule has 0 radical (unpaired) electrons. The van der Waals surface area contributed by atoms with Gasteiger partial charge in [0.1, 0.15) is 0 Å². The Morgan fingerprint density at radius 1 is 1.14 bits per heavy atom. The van der Waals surface area contributed by atoms with Crippen molar-refractivity contribution in [2.24, 2.45) is 0 Å². The summed E-state index contributed by atoms with van der Waals surface area (Å²) in [6, 6.07) is 5.75. The first-order valence-corrected chi connectivity index (χ1v) is 11.1. The van der Waals surface area contributed by atoms with Crippen LogP contribution < -0.4 is 4.72 Å². The number of benzene rings is 1. The highest BCUT2D eigenvalue weighted by Crippen LogP contribution is 2.36. The van der Waals surface area contributed by atoms with Crippen molar-refractivity contribution >= 4 is 10.0 Å². The lowest BCUT2D eigenvalue weighted by Crippen LogP contribution is -2.31. The summed E-state index contributed by atoms with van der Waals surface area (Å²) in [5.41, 5.74) is 0.369. The molecule has 0 saturated carbocycles. The highest BCUT2D eigenvalue weighted by Gasteiger charge is 2.39. The number of hydrogen-bond donors (Lipinski definition) is 1. The molecule has 2 aromatic rings. The number of aromatic nitrogens is 2. The molecule has 2 aliphatic rings. The van der Waals surface area contributed by atoms with Gasteiger partial charge < -0.3 is 4.74 Å². The zero-order valence-electron chi connectivity index (χ0n) is 15.7. The molecule has 1 fully saturated rings. The maximum atomic E-state index is 13.4. The number of sulfonamides is 1. The van der Waals surface area contributed by atoms with E-state index >= 15 is 0 Å². The lowest BCUT2D eigenvalue weighted by atomic mass is 9.95. The van der Waals surface area contributed by atoms with E-state index in [1.54, 1.807) is 0 Å². The van der Waals surface area contributed by atoms with Crippen molar-refractivity contribution in [3.05, 3.63) is 41.2 Å². The van der Waals surface area contributed by atoms with Gasteiger partial charge in [-0.15, -0.1) is 0 Å². The first kappa shape index (κ1) is 20.4. The molecule has 1 N–H and O–H groups in total.